The number of amides is 1. The van der Waals surface area contributed by atoms with Gasteiger partial charge in [-0.15, -0.1) is 6.58 Å². The van der Waals surface area contributed by atoms with Crippen LogP contribution in [0.3, 0.4) is 0 Å². The molecule has 18 heavy (non-hydrogen) atoms. The summed E-state index contributed by atoms with van der Waals surface area (Å²) in [5.41, 5.74) is -0.460. The van der Waals surface area contributed by atoms with Gasteiger partial charge < -0.3 is 9.64 Å². The summed E-state index contributed by atoms with van der Waals surface area (Å²) >= 11 is 17.1. The number of rotatable bonds is 1. The van der Waals surface area contributed by atoms with Gasteiger partial charge in [0.05, 0.1) is 12.1 Å². The summed E-state index contributed by atoms with van der Waals surface area (Å²) in [7, 11) is 0. The van der Waals surface area contributed by atoms with Crippen LogP contribution in [-0.4, -0.2) is 38.9 Å². The molecule has 3 aliphatic heterocycles. The molecule has 3 nitrogen and oxygen atoms in total. The van der Waals surface area contributed by atoms with Crippen LogP contribution in [-0.2, 0) is 9.53 Å². The van der Waals surface area contributed by atoms with Crippen LogP contribution >= 0.6 is 34.8 Å². The van der Waals surface area contributed by atoms with Gasteiger partial charge in [-0.25, -0.2) is 0 Å². The number of hydrogen-bond donors (Lipinski definition) is 0. The van der Waals surface area contributed by atoms with Crippen LogP contribution in [0.1, 0.15) is 6.42 Å². The molecule has 6 heteroatoms. The van der Waals surface area contributed by atoms with Gasteiger partial charge in [0.1, 0.15) is 5.60 Å². The highest BCUT2D eigenvalue weighted by atomic mass is 35.6. The van der Waals surface area contributed by atoms with E-state index in [1.165, 1.54) is 0 Å². The fourth-order valence-corrected chi connectivity index (χ4v) is 3.65. The Morgan fingerprint density at radius 3 is 2.83 bits per heavy atom. The molecule has 0 N–H and O–H groups in total. The first-order valence-electron chi connectivity index (χ1n) is 5.76. The molecule has 1 amide bonds. The van der Waals surface area contributed by atoms with E-state index in [9.17, 15) is 4.79 Å². The van der Waals surface area contributed by atoms with Crippen molar-refractivity contribution in [1.29, 1.82) is 0 Å². The fourth-order valence-electron chi connectivity index (χ4n) is 3.33. The second-order valence-electron chi connectivity index (χ2n) is 4.94. The van der Waals surface area contributed by atoms with E-state index in [4.69, 9.17) is 39.5 Å². The average Bonchev–Trinajstić information content (AvgIpc) is 2.91. The lowest BCUT2D eigenvalue weighted by atomic mass is 9.82. The van der Waals surface area contributed by atoms with Crippen LogP contribution in [0.4, 0.5) is 0 Å². The van der Waals surface area contributed by atoms with Crippen LogP contribution in [0.25, 0.3) is 0 Å². The van der Waals surface area contributed by atoms with Crippen molar-refractivity contribution >= 4 is 40.7 Å². The molecule has 0 aromatic heterocycles. The number of fused-ring (bicyclic) bond motifs is 1. The Morgan fingerprint density at radius 1 is 1.56 bits per heavy atom. The van der Waals surface area contributed by atoms with Crippen molar-refractivity contribution in [3.63, 3.8) is 0 Å². The van der Waals surface area contributed by atoms with E-state index in [1.807, 2.05) is 12.2 Å². The zero-order valence-corrected chi connectivity index (χ0v) is 11.8. The summed E-state index contributed by atoms with van der Waals surface area (Å²) in [6.45, 7) is 4.34. The topological polar surface area (TPSA) is 29.5 Å². The molecule has 2 fully saturated rings. The lowest BCUT2D eigenvalue weighted by Crippen LogP contribution is -2.48. The molecule has 2 bridgehead atoms. The van der Waals surface area contributed by atoms with Gasteiger partial charge in [-0.05, 0) is 6.42 Å². The van der Waals surface area contributed by atoms with Crippen LogP contribution in [0.15, 0.2) is 24.8 Å². The second kappa shape index (κ2) is 3.89. The molecule has 0 unspecified atom stereocenters. The van der Waals surface area contributed by atoms with E-state index in [0.29, 0.717) is 6.54 Å². The number of alkyl halides is 3. The van der Waals surface area contributed by atoms with E-state index in [1.54, 1.807) is 11.0 Å². The van der Waals surface area contributed by atoms with E-state index < -0.39 is 15.3 Å². The van der Waals surface area contributed by atoms with Crippen LogP contribution in [0.5, 0.6) is 0 Å². The second-order valence-corrected chi connectivity index (χ2v) is 7.22. The van der Waals surface area contributed by atoms with E-state index >= 15 is 0 Å². The number of carbonyl (C=O) groups excluding carboxylic acids is 1. The lowest BCUT2D eigenvalue weighted by molar-refractivity contribution is -0.132. The van der Waals surface area contributed by atoms with Crippen molar-refractivity contribution in [3.8, 4) is 0 Å². The summed E-state index contributed by atoms with van der Waals surface area (Å²) in [6, 6.07) is -0.269. The third kappa shape index (κ3) is 1.58. The van der Waals surface area contributed by atoms with Crippen LogP contribution in [0.2, 0.25) is 0 Å². The largest absolute Gasteiger partial charge is 0.361 e. The van der Waals surface area contributed by atoms with Crippen molar-refractivity contribution in [2.45, 2.75) is 28.0 Å². The summed E-state index contributed by atoms with van der Waals surface area (Å²) in [5, 5.41) is 0. The number of halogens is 3. The van der Waals surface area contributed by atoms with Crippen molar-refractivity contribution in [2.75, 3.05) is 6.54 Å². The van der Waals surface area contributed by atoms with Gasteiger partial charge in [0.2, 0.25) is 0 Å². The maximum absolute atomic E-state index is 12.1. The Balaban J connectivity index is 1.94. The Hall–Kier alpha value is -0.220. The molecule has 98 valence electrons. The lowest BCUT2D eigenvalue weighted by Gasteiger charge is -2.32. The zero-order chi connectivity index (χ0) is 13.1. The zero-order valence-electron chi connectivity index (χ0n) is 9.48. The molecule has 4 atom stereocenters. The Kier molecular flexibility index (Phi) is 2.76. The van der Waals surface area contributed by atoms with Gasteiger partial charge in [-0.2, -0.15) is 0 Å². The predicted molar refractivity (Wildman–Crippen MR) is 70.8 cm³/mol. The molecule has 0 aromatic carbocycles. The molecule has 2 saturated heterocycles. The number of ether oxygens (including phenoxy) is 1. The smallest absolute Gasteiger partial charge is 0.275 e. The molecule has 0 radical (unpaired) electrons. The van der Waals surface area contributed by atoms with Gasteiger partial charge in [-0.3, -0.25) is 4.79 Å². The predicted octanol–water partition coefficient (Wildman–Crippen LogP) is 2.47. The van der Waals surface area contributed by atoms with E-state index in [0.717, 1.165) is 6.42 Å². The monoisotopic (exact) mass is 307 g/mol. The molecular weight excluding hydrogens is 296 g/mol. The summed E-state index contributed by atoms with van der Waals surface area (Å²) in [6.07, 6.45) is 6.83. The van der Waals surface area contributed by atoms with Crippen molar-refractivity contribution < 1.29 is 9.53 Å². The quantitative estimate of drug-likeness (QED) is 0.550. The van der Waals surface area contributed by atoms with Crippen LogP contribution < -0.4 is 0 Å². The molecule has 0 saturated carbocycles. The third-order valence-electron chi connectivity index (χ3n) is 4.02. The maximum Gasteiger partial charge on any atom is 0.275 e. The number of hydrogen-bond acceptors (Lipinski definition) is 2. The minimum Gasteiger partial charge on any atom is -0.361 e. The highest BCUT2D eigenvalue weighted by Crippen LogP contribution is 2.52. The van der Waals surface area contributed by atoms with Crippen molar-refractivity contribution in [1.82, 2.24) is 4.90 Å². The summed E-state index contributed by atoms with van der Waals surface area (Å²) in [5.74, 6) is -0.256. The maximum atomic E-state index is 12.1. The van der Waals surface area contributed by atoms with Gasteiger partial charge in [0.15, 0.2) is 0 Å². The minimum atomic E-state index is -1.93. The molecule has 0 aliphatic carbocycles. The average molecular weight is 309 g/mol. The Bertz CT molecular complexity index is 445. The first-order valence-corrected chi connectivity index (χ1v) is 6.89. The molecule has 1 spiro atoms. The first-order chi connectivity index (χ1) is 8.38. The van der Waals surface area contributed by atoms with Gasteiger partial charge in [-0.1, -0.05) is 53.0 Å². The normalized spacial score (nSPS) is 41.3. The molecule has 3 rings (SSSR count). The molecule has 0 aromatic rings. The van der Waals surface area contributed by atoms with Gasteiger partial charge in [0.25, 0.3) is 9.70 Å². The van der Waals surface area contributed by atoms with E-state index in [2.05, 4.69) is 6.58 Å². The molecule has 3 aliphatic rings. The summed E-state index contributed by atoms with van der Waals surface area (Å²) < 4.78 is 4.04. The number of nitrogens with zero attached hydrogens (tertiary/aromatic N) is 1. The van der Waals surface area contributed by atoms with Gasteiger partial charge in [0, 0.05) is 12.5 Å². The molecule has 3 heterocycles. The first kappa shape index (κ1) is 12.8. The summed E-state index contributed by atoms with van der Waals surface area (Å²) in [4.78, 5) is 13.7. The standard InChI is InChI=1S/C12H12Cl3NO2/c1-2-9-11-4-3-8(18-11)5-7(11)6-16(9)10(17)12(13,14)15/h2-4,7-9H,1,5-6H2/t7-,8+,9-,11-/m1/s1. The van der Waals surface area contributed by atoms with Gasteiger partial charge >= 0.3 is 0 Å². The van der Waals surface area contributed by atoms with Crippen LogP contribution in [0, 0.1) is 5.92 Å². The minimum absolute atomic E-state index is 0.155. The number of carbonyl (C=O) groups is 1. The number of likely N-dealkylation sites (tertiary alicyclic amines) is 1. The SMILES string of the molecule is C=C[C@H]1N(C(=O)C(Cl)(Cl)Cl)C[C@H]2C[C@@H]3C=C[C@@]21O3. The third-order valence-corrected chi connectivity index (χ3v) is 4.51. The Labute approximate surface area is 120 Å². The Morgan fingerprint density at radius 2 is 2.28 bits per heavy atom. The molecular formula is C12H12Cl3NO2. The van der Waals surface area contributed by atoms with E-state index in [-0.39, 0.29) is 18.1 Å². The van der Waals surface area contributed by atoms with Crippen molar-refractivity contribution in [3.05, 3.63) is 24.8 Å². The van der Waals surface area contributed by atoms with Crippen molar-refractivity contribution in [2.24, 2.45) is 5.92 Å². The highest BCUT2D eigenvalue weighted by molar-refractivity contribution is 6.76. The highest BCUT2D eigenvalue weighted by Gasteiger charge is 2.62. The fraction of sp³-hybridized carbons (Fsp3) is 0.583.